The minimum Gasteiger partial charge on any atom is -0.496 e. The molecule has 0 radical (unpaired) electrons. The fourth-order valence-corrected chi connectivity index (χ4v) is 4.38. The van der Waals surface area contributed by atoms with Crippen LogP contribution in [0.3, 0.4) is 0 Å². The van der Waals surface area contributed by atoms with E-state index >= 15 is 0 Å². The van der Waals surface area contributed by atoms with E-state index in [0.717, 1.165) is 16.9 Å². The molecule has 1 atom stereocenters. The predicted octanol–water partition coefficient (Wildman–Crippen LogP) is 4.18. The summed E-state index contributed by atoms with van der Waals surface area (Å²) >= 11 is 0. The Kier molecular flexibility index (Phi) is 6.89. The molecule has 0 aliphatic rings. The van der Waals surface area contributed by atoms with Gasteiger partial charge in [0.25, 0.3) is 0 Å². The van der Waals surface area contributed by atoms with Gasteiger partial charge in [0, 0.05) is 0 Å². The minimum atomic E-state index is -3.67. The fourth-order valence-electron chi connectivity index (χ4n) is 2.89. The van der Waals surface area contributed by atoms with E-state index in [2.05, 4.69) is 4.72 Å². The van der Waals surface area contributed by atoms with E-state index in [1.807, 2.05) is 45.0 Å². The van der Waals surface area contributed by atoms with Crippen LogP contribution in [0.15, 0.2) is 41.3 Å². The molecule has 2 rings (SSSR count). The van der Waals surface area contributed by atoms with E-state index in [1.165, 1.54) is 0 Å². The number of sulfonamides is 1. The molecule has 2 aromatic carbocycles. The molecule has 0 unspecified atom stereocenters. The maximum atomic E-state index is 12.9. The lowest BCUT2D eigenvalue weighted by molar-refractivity contribution is 0.285. The van der Waals surface area contributed by atoms with Gasteiger partial charge in [0.1, 0.15) is 18.1 Å². The van der Waals surface area contributed by atoms with Crippen LogP contribution >= 0.6 is 0 Å². The van der Waals surface area contributed by atoms with Crippen LogP contribution in [-0.2, 0) is 10.0 Å². The van der Waals surface area contributed by atoms with Gasteiger partial charge in [-0.2, -0.15) is 0 Å². The molecular formula is C21H29NO4S. The SMILES string of the molecule is COc1cc(C)c(S(=O)(=O)N[C@H](C)COc2ccccc2C)cc1C(C)C. The maximum absolute atomic E-state index is 12.9. The Balaban J connectivity index is 2.18. The van der Waals surface area contributed by atoms with Crippen LogP contribution in [0.4, 0.5) is 0 Å². The molecule has 0 aliphatic carbocycles. The van der Waals surface area contributed by atoms with E-state index in [-0.39, 0.29) is 23.5 Å². The van der Waals surface area contributed by atoms with Gasteiger partial charge in [-0.15, -0.1) is 0 Å². The molecule has 27 heavy (non-hydrogen) atoms. The van der Waals surface area contributed by atoms with Crippen LogP contribution in [0.1, 0.15) is 43.4 Å². The lowest BCUT2D eigenvalue weighted by Gasteiger charge is -2.19. The molecule has 0 heterocycles. The third-order valence-electron chi connectivity index (χ3n) is 4.38. The molecule has 0 amide bonds. The van der Waals surface area contributed by atoms with Crippen LogP contribution in [0, 0.1) is 13.8 Å². The number of para-hydroxylation sites is 1. The molecule has 0 spiro atoms. The zero-order chi connectivity index (χ0) is 20.2. The summed E-state index contributed by atoms with van der Waals surface area (Å²) in [5, 5.41) is 0. The molecule has 6 heteroatoms. The lowest BCUT2D eigenvalue weighted by atomic mass is 10.0. The standard InChI is InChI=1S/C21H29NO4S/c1-14(2)18-12-21(16(4)11-20(18)25-6)27(23,24)22-17(5)13-26-19-10-8-7-9-15(19)3/h7-12,14,17,22H,13H2,1-6H3/t17-/m1/s1. The Bertz CT molecular complexity index is 891. The van der Waals surface area contributed by atoms with E-state index < -0.39 is 10.0 Å². The van der Waals surface area contributed by atoms with Gasteiger partial charge < -0.3 is 9.47 Å². The number of hydrogen-bond acceptors (Lipinski definition) is 4. The topological polar surface area (TPSA) is 64.6 Å². The molecule has 0 fully saturated rings. The van der Waals surface area contributed by atoms with Crippen molar-refractivity contribution >= 4 is 10.0 Å². The van der Waals surface area contributed by atoms with E-state index in [0.29, 0.717) is 11.3 Å². The second-order valence-electron chi connectivity index (χ2n) is 7.11. The first-order valence-electron chi connectivity index (χ1n) is 9.05. The van der Waals surface area contributed by atoms with Crippen molar-refractivity contribution in [2.75, 3.05) is 13.7 Å². The zero-order valence-electron chi connectivity index (χ0n) is 16.9. The highest BCUT2D eigenvalue weighted by molar-refractivity contribution is 7.89. The van der Waals surface area contributed by atoms with Gasteiger partial charge >= 0.3 is 0 Å². The second-order valence-corrected chi connectivity index (χ2v) is 8.80. The van der Waals surface area contributed by atoms with Gasteiger partial charge in [-0.05, 0) is 61.6 Å². The molecule has 0 saturated carbocycles. The summed E-state index contributed by atoms with van der Waals surface area (Å²) < 4.78 is 39.7. The number of rotatable bonds is 8. The van der Waals surface area contributed by atoms with Crippen molar-refractivity contribution < 1.29 is 17.9 Å². The predicted molar refractivity (Wildman–Crippen MR) is 108 cm³/mol. The molecule has 1 N–H and O–H groups in total. The monoisotopic (exact) mass is 391 g/mol. The van der Waals surface area contributed by atoms with Crippen molar-refractivity contribution in [1.29, 1.82) is 0 Å². The number of ether oxygens (including phenoxy) is 2. The summed E-state index contributed by atoms with van der Waals surface area (Å²) in [6.07, 6.45) is 0. The van der Waals surface area contributed by atoms with E-state index in [1.54, 1.807) is 33.1 Å². The highest BCUT2D eigenvalue weighted by atomic mass is 32.2. The summed E-state index contributed by atoms with van der Waals surface area (Å²) in [6.45, 7) is 9.79. The molecule has 0 aromatic heterocycles. The Labute approximate surface area is 162 Å². The Morgan fingerprint density at radius 2 is 1.67 bits per heavy atom. The van der Waals surface area contributed by atoms with Crippen LogP contribution in [-0.4, -0.2) is 28.2 Å². The molecular weight excluding hydrogens is 362 g/mol. The molecule has 148 valence electrons. The zero-order valence-corrected chi connectivity index (χ0v) is 17.7. The van der Waals surface area contributed by atoms with Gasteiger partial charge in [-0.25, -0.2) is 13.1 Å². The third kappa shape index (κ3) is 5.23. The van der Waals surface area contributed by atoms with Crippen molar-refractivity contribution in [3.8, 4) is 11.5 Å². The Morgan fingerprint density at radius 3 is 2.26 bits per heavy atom. The molecule has 5 nitrogen and oxygen atoms in total. The van der Waals surface area contributed by atoms with Crippen LogP contribution in [0.5, 0.6) is 11.5 Å². The summed E-state index contributed by atoms with van der Waals surface area (Å²) in [5.74, 6) is 1.61. The first-order valence-corrected chi connectivity index (χ1v) is 10.5. The highest BCUT2D eigenvalue weighted by Crippen LogP contribution is 2.31. The van der Waals surface area contributed by atoms with Crippen LogP contribution < -0.4 is 14.2 Å². The summed E-state index contributed by atoms with van der Waals surface area (Å²) in [4.78, 5) is 0.273. The fraction of sp³-hybridized carbons (Fsp3) is 0.429. The first-order chi connectivity index (χ1) is 12.7. The van der Waals surface area contributed by atoms with E-state index in [9.17, 15) is 8.42 Å². The van der Waals surface area contributed by atoms with Gasteiger partial charge in [0.15, 0.2) is 0 Å². The van der Waals surface area contributed by atoms with Crippen molar-refractivity contribution in [3.63, 3.8) is 0 Å². The summed E-state index contributed by atoms with van der Waals surface area (Å²) in [7, 11) is -2.08. The minimum absolute atomic E-state index is 0.149. The summed E-state index contributed by atoms with van der Waals surface area (Å²) in [6, 6.07) is 10.8. The Morgan fingerprint density at radius 1 is 1.00 bits per heavy atom. The normalized spacial score (nSPS) is 12.9. The quantitative estimate of drug-likeness (QED) is 0.733. The maximum Gasteiger partial charge on any atom is 0.241 e. The van der Waals surface area contributed by atoms with Crippen molar-refractivity contribution in [1.82, 2.24) is 4.72 Å². The van der Waals surface area contributed by atoms with Gasteiger partial charge in [0.05, 0.1) is 18.0 Å². The van der Waals surface area contributed by atoms with E-state index in [4.69, 9.17) is 9.47 Å². The van der Waals surface area contributed by atoms with Crippen molar-refractivity contribution in [2.45, 2.75) is 51.5 Å². The van der Waals surface area contributed by atoms with Crippen LogP contribution in [0.25, 0.3) is 0 Å². The Hall–Kier alpha value is -2.05. The van der Waals surface area contributed by atoms with Gasteiger partial charge in [-0.1, -0.05) is 32.0 Å². The summed E-state index contributed by atoms with van der Waals surface area (Å²) in [5.41, 5.74) is 2.53. The molecule has 0 bridgehead atoms. The average molecular weight is 392 g/mol. The smallest absolute Gasteiger partial charge is 0.241 e. The third-order valence-corrected chi connectivity index (χ3v) is 6.11. The largest absolute Gasteiger partial charge is 0.496 e. The number of aryl methyl sites for hydroxylation is 2. The average Bonchev–Trinajstić information content (AvgIpc) is 2.59. The van der Waals surface area contributed by atoms with Crippen molar-refractivity contribution in [2.24, 2.45) is 0 Å². The molecule has 2 aromatic rings. The lowest BCUT2D eigenvalue weighted by Crippen LogP contribution is -2.37. The van der Waals surface area contributed by atoms with Gasteiger partial charge in [0.2, 0.25) is 10.0 Å². The molecule has 0 aliphatic heterocycles. The van der Waals surface area contributed by atoms with Crippen LogP contribution in [0.2, 0.25) is 0 Å². The number of benzene rings is 2. The number of hydrogen-bond donors (Lipinski definition) is 1. The van der Waals surface area contributed by atoms with Gasteiger partial charge in [-0.3, -0.25) is 0 Å². The second kappa shape index (κ2) is 8.76. The highest BCUT2D eigenvalue weighted by Gasteiger charge is 2.23. The number of methoxy groups -OCH3 is 1. The number of nitrogens with one attached hydrogen (secondary N) is 1. The first kappa shape index (κ1) is 21.3. The van der Waals surface area contributed by atoms with Crippen molar-refractivity contribution in [3.05, 3.63) is 53.1 Å². The molecule has 0 saturated heterocycles.